The summed E-state index contributed by atoms with van der Waals surface area (Å²) in [7, 11) is 1.33. The Kier molecular flexibility index (Phi) is 4.96. The summed E-state index contributed by atoms with van der Waals surface area (Å²) in [6, 6.07) is 11.2. The van der Waals surface area contributed by atoms with E-state index in [9.17, 15) is 9.18 Å². The number of rotatable bonds is 4. The van der Waals surface area contributed by atoms with Gasteiger partial charge in [-0.1, -0.05) is 28.1 Å². The van der Waals surface area contributed by atoms with Crippen molar-refractivity contribution in [2.24, 2.45) is 0 Å². The molecule has 0 amide bonds. The van der Waals surface area contributed by atoms with Crippen molar-refractivity contribution in [1.29, 1.82) is 0 Å². The normalized spacial score (nSPS) is 11.8. The zero-order valence-corrected chi connectivity index (χ0v) is 13.3. The predicted octanol–water partition coefficient (Wildman–Crippen LogP) is 4.22. The number of hydrogen-bond donors (Lipinski definition) is 1. The standard InChI is InChI=1S/C16H15BrFNO2/c1-10-6-13(18)9-14(7-10)19-15(16(20)21-2)11-4-3-5-12(17)8-11/h3-9,15,19H,1-2H3. The first kappa shape index (κ1) is 15.5. The second kappa shape index (κ2) is 6.72. The number of esters is 1. The highest BCUT2D eigenvalue weighted by Crippen LogP contribution is 2.24. The maximum Gasteiger partial charge on any atom is 0.332 e. The van der Waals surface area contributed by atoms with Crippen LogP contribution in [0.15, 0.2) is 46.9 Å². The van der Waals surface area contributed by atoms with E-state index < -0.39 is 12.0 Å². The minimum absolute atomic E-state index is 0.352. The van der Waals surface area contributed by atoms with Crippen LogP contribution in [0.1, 0.15) is 17.2 Å². The van der Waals surface area contributed by atoms with Gasteiger partial charge in [-0.3, -0.25) is 0 Å². The van der Waals surface area contributed by atoms with E-state index >= 15 is 0 Å². The van der Waals surface area contributed by atoms with Crippen LogP contribution >= 0.6 is 15.9 Å². The van der Waals surface area contributed by atoms with Crippen molar-refractivity contribution in [2.75, 3.05) is 12.4 Å². The van der Waals surface area contributed by atoms with Gasteiger partial charge in [-0.25, -0.2) is 9.18 Å². The third kappa shape index (κ3) is 4.04. The molecule has 0 fully saturated rings. The number of nitrogens with one attached hydrogen (secondary N) is 1. The van der Waals surface area contributed by atoms with Gasteiger partial charge in [0.2, 0.25) is 0 Å². The second-order valence-electron chi connectivity index (χ2n) is 4.67. The van der Waals surface area contributed by atoms with Crippen molar-refractivity contribution in [2.45, 2.75) is 13.0 Å². The molecule has 0 aliphatic carbocycles. The number of aryl methyl sites for hydroxylation is 1. The third-order valence-corrected chi connectivity index (χ3v) is 3.47. The topological polar surface area (TPSA) is 38.3 Å². The van der Waals surface area contributed by atoms with Crippen molar-refractivity contribution in [1.82, 2.24) is 0 Å². The van der Waals surface area contributed by atoms with Crippen LogP contribution in [-0.4, -0.2) is 13.1 Å². The molecule has 1 atom stereocenters. The number of benzene rings is 2. The first-order valence-corrected chi connectivity index (χ1v) is 7.16. The molecule has 1 unspecified atom stereocenters. The lowest BCUT2D eigenvalue weighted by molar-refractivity contribution is -0.141. The lowest BCUT2D eigenvalue weighted by Gasteiger charge is -2.18. The number of anilines is 1. The van der Waals surface area contributed by atoms with E-state index in [-0.39, 0.29) is 5.82 Å². The quantitative estimate of drug-likeness (QED) is 0.838. The molecule has 21 heavy (non-hydrogen) atoms. The number of methoxy groups -OCH3 is 1. The number of ether oxygens (including phenoxy) is 1. The van der Waals surface area contributed by atoms with Crippen LogP contribution in [0, 0.1) is 12.7 Å². The van der Waals surface area contributed by atoms with Crippen molar-refractivity contribution < 1.29 is 13.9 Å². The monoisotopic (exact) mass is 351 g/mol. The highest BCUT2D eigenvalue weighted by Gasteiger charge is 2.21. The Bertz CT molecular complexity index is 640. The molecule has 0 saturated carbocycles. The third-order valence-electron chi connectivity index (χ3n) is 2.97. The maximum atomic E-state index is 13.5. The SMILES string of the molecule is COC(=O)C(Nc1cc(C)cc(F)c1)c1cccc(Br)c1. The van der Waals surface area contributed by atoms with E-state index in [1.807, 2.05) is 24.3 Å². The van der Waals surface area contributed by atoms with Crippen LogP contribution in [-0.2, 0) is 9.53 Å². The van der Waals surface area contributed by atoms with Crippen molar-refractivity contribution >= 4 is 27.6 Å². The van der Waals surface area contributed by atoms with E-state index in [1.165, 1.54) is 19.2 Å². The Morgan fingerprint density at radius 3 is 2.67 bits per heavy atom. The second-order valence-corrected chi connectivity index (χ2v) is 5.59. The van der Waals surface area contributed by atoms with Crippen molar-refractivity contribution in [3.8, 4) is 0 Å². The average molecular weight is 352 g/mol. The van der Waals surface area contributed by atoms with Gasteiger partial charge >= 0.3 is 5.97 Å². The molecule has 0 aliphatic rings. The fourth-order valence-corrected chi connectivity index (χ4v) is 2.49. The molecular formula is C16H15BrFNO2. The van der Waals surface area contributed by atoms with Crippen LogP contribution in [0.25, 0.3) is 0 Å². The maximum absolute atomic E-state index is 13.5. The minimum atomic E-state index is -0.700. The van der Waals surface area contributed by atoms with Gasteiger partial charge in [0.05, 0.1) is 7.11 Å². The highest BCUT2D eigenvalue weighted by atomic mass is 79.9. The van der Waals surface area contributed by atoms with Gasteiger partial charge in [0.25, 0.3) is 0 Å². The lowest BCUT2D eigenvalue weighted by Crippen LogP contribution is -2.22. The van der Waals surface area contributed by atoms with E-state index in [4.69, 9.17) is 4.74 Å². The summed E-state index contributed by atoms with van der Waals surface area (Å²) >= 11 is 3.37. The molecule has 0 heterocycles. The zero-order chi connectivity index (χ0) is 15.4. The van der Waals surface area contributed by atoms with Crippen molar-refractivity contribution in [3.05, 3.63) is 63.9 Å². The summed E-state index contributed by atoms with van der Waals surface area (Å²) in [5.41, 5.74) is 2.04. The summed E-state index contributed by atoms with van der Waals surface area (Å²) in [5.74, 6) is -0.787. The van der Waals surface area contributed by atoms with Gasteiger partial charge in [-0.05, 0) is 48.4 Å². The van der Waals surface area contributed by atoms with E-state index in [0.717, 1.165) is 15.6 Å². The summed E-state index contributed by atoms with van der Waals surface area (Å²) in [6.45, 7) is 1.79. The van der Waals surface area contributed by atoms with Crippen LogP contribution in [0.4, 0.5) is 10.1 Å². The molecule has 0 radical (unpaired) electrons. The smallest absolute Gasteiger partial charge is 0.332 e. The predicted molar refractivity (Wildman–Crippen MR) is 83.7 cm³/mol. The molecule has 0 spiro atoms. The number of carbonyl (C=O) groups excluding carboxylic acids is 1. The van der Waals surface area contributed by atoms with Gasteiger partial charge in [-0.15, -0.1) is 0 Å². The Hall–Kier alpha value is -1.88. The largest absolute Gasteiger partial charge is 0.467 e. The van der Waals surface area contributed by atoms with Gasteiger partial charge < -0.3 is 10.1 Å². The summed E-state index contributed by atoms with van der Waals surface area (Å²) in [4.78, 5) is 12.0. The Labute approximate surface area is 131 Å². The molecule has 0 aliphatic heterocycles. The zero-order valence-electron chi connectivity index (χ0n) is 11.7. The molecule has 2 rings (SSSR count). The molecule has 5 heteroatoms. The van der Waals surface area contributed by atoms with E-state index in [0.29, 0.717) is 5.69 Å². The summed E-state index contributed by atoms with van der Waals surface area (Å²) in [5, 5.41) is 3.02. The van der Waals surface area contributed by atoms with Gasteiger partial charge in [0.1, 0.15) is 5.82 Å². The fourth-order valence-electron chi connectivity index (χ4n) is 2.07. The molecule has 0 aromatic heterocycles. The number of halogens is 2. The Morgan fingerprint density at radius 2 is 2.05 bits per heavy atom. The Morgan fingerprint density at radius 1 is 1.29 bits per heavy atom. The van der Waals surface area contributed by atoms with Crippen molar-refractivity contribution in [3.63, 3.8) is 0 Å². The molecule has 3 nitrogen and oxygen atoms in total. The van der Waals surface area contributed by atoms with Crippen LogP contribution < -0.4 is 5.32 Å². The van der Waals surface area contributed by atoms with Crippen LogP contribution in [0.5, 0.6) is 0 Å². The lowest BCUT2D eigenvalue weighted by atomic mass is 10.1. The molecule has 2 aromatic carbocycles. The van der Waals surface area contributed by atoms with Gasteiger partial charge in [0.15, 0.2) is 6.04 Å². The summed E-state index contributed by atoms with van der Waals surface area (Å²) < 4.78 is 19.1. The minimum Gasteiger partial charge on any atom is -0.467 e. The molecule has 0 saturated heterocycles. The summed E-state index contributed by atoms with van der Waals surface area (Å²) in [6.07, 6.45) is 0. The van der Waals surface area contributed by atoms with Crippen LogP contribution in [0.3, 0.4) is 0 Å². The molecule has 1 N–H and O–H groups in total. The fraction of sp³-hybridized carbons (Fsp3) is 0.188. The first-order chi connectivity index (χ1) is 9.99. The highest BCUT2D eigenvalue weighted by molar-refractivity contribution is 9.10. The van der Waals surface area contributed by atoms with E-state index in [1.54, 1.807) is 13.0 Å². The molecular weight excluding hydrogens is 337 g/mol. The molecule has 0 bridgehead atoms. The van der Waals surface area contributed by atoms with Gasteiger partial charge in [-0.2, -0.15) is 0 Å². The van der Waals surface area contributed by atoms with E-state index in [2.05, 4.69) is 21.2 Å². The molecule has 110 valence electrons. The Balaban J connectivity index is 2.35. The average Bonchev–Trinajstić information content (AvgIpc) is 2.43. The first-order valence-electron chi connectivity index (χ1n) is 6.36. The number of carbonyl (C=O) groups is 1. The van der Waals surface area contributed by atoms with Crippen LogP contribution in [0.2, 0.25) is 0 Å². The van der Waals surface area contributed by atoms with Gasteiger partial charge in [0, 0.05) is 10.2 Å². The number of hydrogen-bond acceptors (Lipinski definition) is 3. The molecule has 2 aromatic rings.